The number of hydrogen-bond donors (Lipinski definition) is 0. The van der Waals surface area contributed by atoms with E-state index in [9.17, 15) is 0 Å². The molecule has 0 bridgehead atoms. The zero-order chi connectivity index (χ0) is 8.81. The monoisotopic (exact) mass is 182 g/mol. The molecule has 1 heterocycles. The maximum Gasteiger partial charge on any atom is 0.251 e. The zero-order valence-corrected chi connectivity index (χ0v) is 7.84. The van der Waals surface area contributed by atoms with Crippen LogP contribution in [0.4, 0.5) is 0 Å². The van der Waals surface area contributed by atoms with E-state index in [1.165, 1.54) is 11.8 Å². The van der Waals surface area contributed by atoms with Crippen LogP contribution < -0.4 is 0 Å². The second kappa shape index (κ2) is 4.77. The van der Waals surface area contributed by atoms with Crippen molar-refractivity contribution in [3.05, 3.63) is 24.1 Å². The molecule has 0 unspecified atom stereocenters. The summed E-state index contributed by atoms with van der Waals surface area (Å²) in [5.41, 5.74) is 0. The van der Waals surface area contributed by atoms with Crippen LogP contribution >= 0.6 is 11.8 Å². The topological polar surface area (TPSA) is 38.9 Å². The SMILES string of the molecule is C/C=C/C=C/c1nc(SC)no1. The van der Waals surface area contributed by atoms with Gasteiger partial charge in [-0.05, 0) is 18.3 Å². The quantitative estimate of drug-likeness (QED) is 0.531. The lowest BCUT2D eigenvalue weighted by Crippen LogP contribution is -1.70. The highest BCUT2D eigenvalue weighted by Crippen LogP contribution is 2.09. The lowest BCUT2D eigenvalue weighted by atomic mass is 10.4. The summed E-state index contributed by atoms with van der Waals surface area (Å²) in [6.07, 6.45) is 9.37. The number of hydrogen-bond acceptors (Lipinski definition) is 4. The van der Waals surface area contributed by atoms with E-state index in [1.54, 1.807) is 6.08 Å². The molecule has 0 radical (unpaired) electrons. The van der Waals surface area contributed by atoms with Crippen LogP contribution in [-0.4, -0.2) is 16.4 Å². The first kappa shape index (κ1) is 9.06. The van der Waals surface area contributed by atoms with Gasteiger partial charge in [-0.2, -0.15) is 4.98 Å². The summed E-state index contributed by atoms with van der Waals surface area (Å²) in [6, 6.07) is 0. The maximum atomic E-state index is 4.90. The maximum absolute atomic E-state index is 4.90. The molecule has 0 aromatic carbocycles. The molecule has 0 atom stereocenters. The third-order valence-electron chi connectivity index (χ3n) is 1.15. The van der Waals surface area contributed by atoms with Gasteiger partial charge in [0.05, 0.1) is 0 Å². The van der Waals surface area contributed by atoms with E-state index in [1.807, 2.05) is 31.4 Å². The van der Waals surface area contributed by atoms with Gasteiger partial charge < -0.3 is 4.52 Å². The van der Waals surface area contributed by atoms with Gasteiger partial charge in [-0.25, -0.2) is 0 Å². The summed E-state index contributed by atoms with van der Waals surface area (Å²) in [6.45, 7) is 1.95. The third-order valence-corrected chi connectivity index (χ3v) is 1.68. The van der Waals surface area contributed by atoms with E-state index in [4.69, 9.17) is 4.52 Å². The standard InChI is InChI=1S/C8H10N2OS/c1-3-4-5-6-7-9-8(12-2)10-11-7/h3-6H,1-2H3/b4-3+,6-5+. The van der Waals surface area contributed by atoms with Gasteiger partial charge in [0.2, 0.25) is 5.16 Å². The molecule has 0 fully saturated rings. The number of rotatable bonds is 3. The summed E-state index contributed by atoms with van der Waals surface area (Å²) in [5, 5.41) is 4.38. The van der Waals surface area contributed by atoms with Crippen LogP contribution in [0.1, 0.15) is 12.8 Å². The molecule has 4 heteroatoms. The lowest BCUT2D eigenvalue weighted by molar-refractivity contribution is 0.396. The van der Waals surface area contributed by atoms with Gasteiger partial charge in [0.25, 0.3) is 5.89 Å². The molecule has 0 spiro atoms. The van der Waals surface area contributed by atoms with Crippen molar-refractivity contribution in [2.24, 2.45) is 0 Å². The van der Waals surface area contributed by atoms with E-state index in [0.717, 1.165) is 0 Å². The van der Waals surface area contributed by atoms with Crippen LogP contribution in [0.25, 0.3) is 6.08 Å². The van der Waals surface area contributed by atoms with Crippen molar-refractivity contribution in [1.82, 2.24) is 10.1 Å². The molecule has 0 saturated heterocycles. The summed E-state index contributed by atoms with van der Waals surface area (Å²) >= 11 is 1.46. The predicted molar refractivity (Wildman–Crippen MR) is 49.9 cm³/mol. The first-order valence-corrected chi connectivity index (χ1v) is 4.76. The molecule has 0 aliphatic heterocycles. The van der Waals surface area contributed by atoms with Crippen molar-refractivity contribution in [3.63, 3.8) is 0 Å². The van der Waals surface area contributed by atoms with Crippen LogP contribution in [0.15, 0.2) is 27.9 Å². The minimum atomic E-state index is 0.539. The smallest absolute Gasteiger partial charge is 0.251 e. The van der Waals surface area contributed by atoms with Crippen molar-refractivity contribution in [1.29, 1.82) is 0 Å². The second-order valence-electron chi connectivity index (χ2n) is 2.00. The van der Waals surface area contributed by atoms with Gasteiger partial charge in [0.1, 0.15) is 0 Å². The highest BCUT2D eigenvalue weighted by molar-refractivity contribution is 7.98. The minimum absolute atomic E-state index is 0.539. The summed E-state index contributed by atoms with van der Waals surface area (Å²) in [7, 11) is 0. The average molecular weight is 182 g/mol. The second-order valence-corrected chi connectivity index (χ2v) is 2.78. The lowest BCUT2D eigenvalue weighted by Gasteiger charge is -1.76. The summed E-state index contributed by atoms with van der Waals surface area (Å²) < 4.78 is 4.90. The Balaban J connectivity index is 2.63. The van der Waals surface area contributed by atoms with E-state index >= 15 is 0 Å². The fraction of sp³-hybridized carbons (Fsp3) is 0.250. The third kappa shape index (κ3) is 2.54. The molecule has 0 N–H and O–H groups in total. The van der Waals surface area contributed by atoms with Crippen molar-refractivity contribution < 1.29 is 4.52 Å². The number of allylic oxidation sites excluding steroid dienone is 3. The fourth-order valence-corrected chi connectivity index (χ4v) is 0.914. The zero-order valence-electron chi connectivity index (χ0n) is 7.02. The average Bonchev–Trinajstić information content (AvgIpc) is 2.53. The van der Waals surface area contributed by atoms with Crippen LogP contribution in [0, 0.1) is 0 Å². The number of nitrogens with zero attached hydrogens (tertiary/aromatic N) is 2. The first-order chi connectivity index (χ1) is 5.86. The Morgan fingerprint density at radius 1 is 1.42 bits per heavy atom. The Morgan fingerprint density at radius 2 is 2.25 bits per heavy atom. The number of thioether (sulfide) groups is 1. The normalized spacial score (nSPS) is 11.8. The van der Waals surface area contributed by atoms with Gasteiger partial charge >= 0.3 is 0 Å². The summed E-state index contributed by atoms with van der Waals surface area (Å²) in [5.74, 6) is 0.539. The summed E-state index contributed by atoms with van der Waals surface area (Å²) in [4.78, 5) is 4.07. The van der Waals surface area contributed by atoms with E-state index in [0.29, 0.717) is 11.0 Å². The molecule has 0 aliphatic rings. The van der Waals surface area contributed by atoms with Gasteiger partial charge in [-0.1, -0.05) is 30.0 Å². The Bertz CT molecular complexity index is 291. The van der Waals surface area contributed by atoms with Gasteiger partial charge in [0.15, 0.2) is 0 Å². The molecule has 1 aromatic heterocycles. The first-order valence-electron chi connectivity index (χ1n) is 3.54. The van der Waals surface area contributed by atoms with Crippen molar-refractivity contribution in [2.45, 2.75) is 12.1 Å². The Labute approximate surface area is 75.5 Å². The molecule has 1 aromatic rings. The predicted octanol–water partition coefficient (Wildman–Crippen LogP) is 2.38. The van der Waals surface area contributed by atoms with Crippen molar-refractivity contribution in [3.8, 4) is 0 Å². The highest BCUT2D eigenvalue weighted by Gasteiger charge is 1.98. The van der Waals surface area contributed by atoms with E-state index in [2.05, 4.69) is 10.1 Å². The van der Waals surface area contributed by atoms with Crippen molar-refractivity contribution in [2.75, 3.05) is 6.26 Å². The van der Waals surface area contributed by atoms with Crippen LogP contribution in [0.5, 0.6) is 0 Å². The minimum Gasteiger partial charge on any atom is -0.334 e. The van der Waals surface area contributed by atoms with E-state index in [-0.39, 0.29) is 0 Å². The molecule has 64 valence electrons. The van der Waals surface area contributed by atoms with E-state index < -0.39 is 0 Å². The molecular formula is C8H10N2OS. The Morgan fingerprint density at radius 3 is 2.83 bits per heavy atom. The fourth-order valence-electron chi connectivity index (χ4n) is 0.620. The highest BCUT2D eigenvalue weighted by atomic mass is 32.2. The molecule has 0 saturated carbocycles. The molecule has 0 amide bonds. The van der Waals surface area contributed by atoms with Gasteiger partial charge in [-0.3, -0.25) is 0 Å². The Kier molecular flexibility index (Phi) is 3.60. The van der Waals surface area contributed by atoms with Crippen LogP contribution in [0.2, 0.25) is 0 Å². The molecule has 3 nitrogen and oxygen atoms in total. The van der Waals surface area contributed by atoms with Gasteiger partial charge in [-0.15, -0.1) is 0 Å². The molecule has 1 rings (SSSR count). The van der Waals surface area contributed by atoms with Gasteiger partial charge in [0, 0.05) is 6.08 Å². The van der Waals surface area contributed by atoms with Crippen molar-refractivity contribution >= 4 is 17.8 Å². The Hall–Kier alpha value is -1.03. The van der Waals surface area contributed by atoms with Crippen LogP contribution in [-0.2, 0) is 0 Å². The largest absolute Gasteiger partial charge is 0.334 e. The number of aromatic nitrogens is 2. The van der Waals surface area contributed by atoms with Crippen LogP contribution in [0.3, 0.4) is 0 Å². The molecule has 0 aliphatic carbocycles. The molecule has 12 heavy (non-hydrogen) atoms. The molecular weight excluding hydrogens is 172 g/mol.